The van der Waals surface area contributed by atoms with Crippen LogP contribution in [-0.4, -0.2) is 35.4 Å². The molecule has 4 nitrogen and oxygen atoms in total. The van der Waals surface area contributed by atoms with Gasteiger partial charge in [-0.1, -0.05) is 42.9 Å². The maximum atomic E-state index is 11.9. The van der Waals surface area contributed by atoms with Crippen molar-refractivity contribution >= 4 is 40.4 Å². The summed E-state index contributed by atoms with van der Waals surface area (Å²) in [5.41, 5.74) is 6.08. The fourth-order valence-electron chi connectivity index (χ4n) is 1.57. The minimum atomic E-state index is -0.0992. The number of nitrogens with two attached hydrogens (primary N) is 1. The quantitative estimate of drug-likeness (QED) is 0.758. The van der Waals surface area contributed by atoms with Crippen molar-refractivity contribution in [3.05, 3.63) is 29.3 Å². The van der Waals surface area contributed by atoms with Crippen LogP contribution < -0.4 is 11.1 Å². The van der Waals surface area contributed by atoms with Crippen molar-refractivity contribution in [2.24, 2.45) is 5.73 Å². The number of anilines is 1. The Bertz CT molecular complexity index is 453. The molecule has 1 aromatic carbocycles. The Hall–Kier alpha value is -1.17. The van der Waals surface area contributed by atoms with Gasteiger partial charge in [0.2, 0.25) is 5.91 Å². The molecule has 0 saturated heterocycles. The molecule has 0 aliphatic heterocycles. The molecule has 1 amide bonds. The van der Waals surface area contributed by atoms with E-state index in [4.69, 9.17) is 29.6 Å². The van der Waals surface area contributed by atoms with E-state index in [0.29, 0.717) is 35.2 Å². The molecule has 0 bridgehead atoms. The minimum Gasteiger partial charge on any atom is -0.393 e. The SMILES string of the molecule is CCN(CCC(N)=S)CC(=O)Nc1ccccc1Cl. The molecular weight excluding hydrogens is 282 g/mol. The molecule has 6 heteroatoms. The van der Waals surface area contributed by atoms with Crippen molar-refractivity contribution < 1.29 is 4.79 Å². The smallest absolute Gasteiger partial charge is 0.238 e. The summed E-state index contributed by atoms with van der Waals surface area (Å²) in [6.45, 7) is 3.73. The molecule has 0 radical (unpaired) electrons. The Balaban J connectivity index is 2.49. The van der Waals surface area contributed by atoms with Gasteiger partial charge in [0.25, 0.3) is 0 Å². The van der Waals surface area contributed by atoms with Gasteiger partial charge >= 0.3 is 0 Å². The number of likely N-dealkylation sites (N-methyl/N-ethyl adjacent to an activating group) is 1. The first kappa shape index (κ1) is 15.9. The topological polar surface area (TPSA) is 58.4 Å². The van der Waals surface area contributed by atoms with Gasteiger partial charge in [-0.15, -0.1) is 0 Å². The fraction of sp³-hybridized carbons (Fsp3) is 0.385. The van der Waals surface area contributed by atoms with Crippen LogP contribution in [0.25, 0.3) is 0 Å². The number of nitrogens with one attached hydrogen (secondary N) is 1. The molecule has 104 valence electrons. The number of nitrogens with zero attached hydrogens (tertiary/aromatic N) is 1. The molecule has 0 spiro atoms. The first-order valence-corrected chi connectivity index (χ1v) is 6.86. The van der Waals surface area contributed by atoms with Crippen molar-refractivity contribution in [1.29, 1.82) is 0 Å². The number of carbonyl (C=O) groups excluding carboxylic acids is 1. The Kier molecular flexibility index (Phi) is 6.77. The summed E-state index contributed by atoms with van der Waals surface area (Å²) in [5, 5.41) is 3.32. The van der Waals surface area contributed by atoms with Gasteiger partial charge in [0.15, 0.2) is 0 Å². The Labute approximate surface area is 123 Å². The highest BCUT2D eigenvalue weighted by atomic mass is 35.5. The second-order valence-electron chi connectivity index (χ2n) is 4.11. The molecule has 19 heavy (non-hydrogen) atoms. The van der Waals surface area contributed by atoms with Gasteiger partial charge in [-0.2, -0.15) is 0 Å². The van der Waals surface area contributed by atoms with Gasteiger partial charge in [-0.3, -0.25) is 9.69 Å². The minimum absolute atomic E-state index is 0.0992. The monoisotopic (exact) mass is 299 g/mol. The average molecular weight is 300 g/mol. The fourth-order valence-corrected chi connectivity index (χ4v) is 1.85. The predicted octanol–water partition coefficient (Wildman–Crippen LogP) is 2.28. The highest BCUT2D eigenvalue weighted by molar-refractivity contribution is 7.80. The molecule has 0 fully saturated rings. The van der Waals surface area contributed by atoms with Crippen molar-refractivity contribution in [1.82, 2.24) is 4.90 Å². The standard InChI is InChI=1S/C13H18ClN3OS/c1-2-17(8-7-12(15)19)9-13(18)16-11-6-4-3-5-10(11)14/h3-6H,2,7-9H2,1H3,(H2,15,19)(H,16,18). The summed E-state index contributed by atoms with van der Waals surface area (Å²) in [6, 6.07) is 7.15. The van der Waals surface area contributed by atoms with Crippen LogP contribution in [0.2, 0.25) is 5.02 Å². The number of halogens is 1. The molecular formula is C13H18ClN3OS. The third-order valence-corrected chi connectivity index (χ3v) is 3.17. The first-order valence-electron chi connectivity index (χ1n) is 6.08. The number of benzene rings is 1. The van der Waals surface area contributed by atoms with Gasteiger partial charge in [0, 0.05) is 13.0 Å². The molecule has 0 atom stereocenters. The van der Waals surface area contributed by atoms with Crippen LogP contribution in [0.5, 0.6) is 0 Å². The summed E-state index contributed by atoms with van der Waals surface area (Å²) < 4.78 is 0. The summed E-state index contributed by atoms with van der Waals surface area (Å²) in [6.07, 6.45) is 0.614. The van der Waals surface area contributed by atoms with Gasteiger partial charge in [-0.25, -0.2) is 0 Å². The molecule has 1 rings (SSSR count). The van der Waals surface area contributed by atoms with Crippen molar-refractivity contribution in [2.45, 2.75) is 13.3 Å². The van der Waals surface area contributed by atoms with Gasteiger partial charge < -0.3 is 11.1 Å². The normalized spacial score (nSPS) is 10.5. The van der Waals surface area contributed by atoms with E-state index in [9.17, 15) is 4.79 Å². The molecule has 0 aliphatic rings. The molecule has 0 saturated carbocycles. The molecule has 0 aromatic heterocycles. The summed E-state index contributed by atoms with van der Waals surface area (Å²) in [7, 11) is 0. The van der Waals surface area contributed by atoms with E-state index in [-0.39, 0.29) is 5.91 Å². The van der Waals surface area contributed by atoms with E-state index in [1.54, 1.807) is 12.1 Å². The third kappa shape index (κ3) is 6.00. The molecule has 3 N–H and O–H groups in total. The van der Waals surface area contributed by atoms with Crippen molar-refractivity contribution in [3.63, 3.8) is 0 Å². The highest BCUT2D eigenvalue weighted by Crippen LogP contribution is 2.20. The lowest BCUT2D eigenvalue weighted by Gasteiger charge is -2.19. The lowest BCUT2D eigenvalue weighted by Crippen LogP contribution is -2.35. The van der Waals surface area contributed by atoms with Crippen LogP contribution >= 0.6 is 23.8 Å². The molecule has 0 heterocycles. The zero-order valence-electron chi connectivity index (χ0n) is 10.9. The Morgan fingerprint density at radius 3 is 2.74 bits per heavy atom. The zero-order valence-corrected chi connectivity index (χ0v) is 12.4. The second kappa shape index (κ2) is 8.09. The number of rotatable bonds is 7. The number of hydrogen-bond donors (Lipinski definition) is 2. The molecule has 1 aromatic rings. The summed E-state index contributed by atoms with van der Waals surface area (Å²) in [5.74, 6) is -0.0992. The molecule has 0 unspecified atom stereocenters. The number of carbonyl (C=O) groups is 1. The second-order valence-corrected chi connectivity index (χ2v) is 5.04. The van der Waals surface area contributed by atoms with Crippen molar-refractivity contribution in [3.8, 4) is 0 Å². The van der Waals surface area contributed by atoms with Crippen LogP contribution in [0.15, 0.2) is 24.3 Å². The van der Waals surface area contributed by atoms with Crippen LogP contribution in [0.1, 0.15) is 13.3 Å². The number of thiocarbonyl (C=S) groups is 1. The van der Waals surface area contributed by atoms with E-state index in [2.05, 4.69) is 5.32 Å². The largest absolute Gasteiger partial charge is 0.393 e. The van der Waals surface area contributed by atoms with Gasteiger partial charge in [0.05, 0.1) is 22.2 Å². The summed E-state index contributed by atoms with van der Waals surface area (Å²) in [4.78, 5) is 14.3. The van der Waals surface area contributed by atoms with Gasteiger partial charge in [0.1, 0.15) is 0 Å². The Morgan fingerprint density at radius 2 is 2.16 bits per heavy atom. The van der Waals surface area contributed by atoms with Crippen LogP contribution in [0.3, 0.4) is 0 Å². The van der Waals surface area contributed by atoms with E-state index >= 15 is 0 Å². The Morgan fingerprint density at radius 1 is 1.47 bits per heavy atom. The van der Waals surface area contributed by atoms with E-state index in [0.717, 1.165) is 6.54 Å². The van der Waals surface area contributed by atoms with Crippen LogP contribution in [0.4, 0.5) is 5.69 Å². The number of hydrogen-bond acceptors (Lipinski definition) is 3. The lowest BCUT2D eigenvalue weighted by molar-refractivity contribution is -0.117. The number of para-hydroxylation sites is 1. The van der Waals surface area contributed by atoms with Crippen molar-refractivity contribution in [2.75, 3.05) is 25.0 Å². The maximum absolute atomic E-state index is 11.9. The zero-order chi connectivity index (χ0) is 14.3. The summed E-state index contributed by atoms with van der Waals surface area (Å²) >= 11 is 10.8. The highest BCUT2D eigenvalue weighted by Gasteiger charge is 2.10. The third-order valence-electron chi connectivity index (χ3n) is 2.64. The van der Waals surface area contributed by atoms with Crippen LogP contribution in [0, 0.1) is 0 Å². The average Bonchev–Trinajstić information content (AvgIpc) is 2.37. The van der Waals surface area contributed by atoms with Gasteiger partial charge in [-0.05, 0) is 18.7 Å². The van der Waals surface area contributed by atoms with E-state index < -0.39 is 0 Å². The van der Waals surface area contributed by atoms with Crippen LogP contribution in [-0.2, 0) is 4.79 Å². The first-order chi connectivity index (χ1) is 9.02. The van der Waals surface area contributed by atoms with E-state index in [1.165, 1.54) is 0 Å². The lowest BCUT2D eigenvalue weighted by atomic mass is 10.3. The number of amides is 1. The predicted molar refractivity (Wildman–Crippen MR) is 83.6 cm³/mol. The maximum Gasteiger partial charge on any atom is 0.238 e. The van der Waals surface area contributed by atoms with E-state index in [1.807, 2.05) is 24.0 Å². The molecule has 0 aliphatic carbocycles.